The Morgan fingerprint density at radius 1 is 0.900 bits per heavy atom. The summed E-state index contributed by atoms with van der Waals surface area (Å²) in [5, 5.41) is 0.704. The molecular weight excluding hydrogens is 246 g/mol. The molecule has 0 aliphatic carbocycles. The van der Waals surface area contributed by atoms with Crippen molar-refractivity contribution in [2.24, 2.45) is 7.05 Å². The SMILES string of the molecule is Cn1cc(C#Cc2ccccc2)c(=O)c2ccccc21. The molecule has 2 nitrogen and oxygen atoms in total. The van der Waals surface area contributed by atoms with Crippen LogP contribution in [-0.2, 0) is 7.05 Å². The maximum Gasteiger partial charge on any atom is 0.204 e. The van der Waals surface area contributed by atoms with E-state index in [1.54, 1.807) is 6.20 Å². The van der Waals surface area contributed by atoms with Crippen molar-refractivity contribution in [3.05, 3.63) is 82.1 Å². The fourth-order valence-electron chi connectivity index (χ4n) is 2.19. The van der Waals surface area contributed by atoms with Crippen LogP contribution in [0.15, 0.2) is 65.6 Å². The predicted molar refractivity (Wildman–Crippen MR) is 81.6 cm³/mol. The van der Waals surface area contributed by atoms with Gasteiger partial charge in [0.05, 0.1) is 11.1 Å². The van der Waals surface area contributed by atoms with Gasteiger partial charge < -0.3 is 4.57 Å². The lowest BCUT2D eigenvalue weighted by molar-refractivity contribution is 0.947. The van der Waals surface area contributed by atoms with Crippen molar-refractivity contribution in [1.82, 2.24) is 4.57 Å². The Morgan fingerprint density at radius 2 is 1.60 bits per heavy atom. The van der Waals surface area contributed by atoms with Gasteiger partial charge in [0.25, 0.3) is 0 Å². The highest BCUT2D eigenvalue weighted by Crippen LogP contribution is 2.09. The van der Waals surface area contributed by atoms with Crippen LogP contribution in [0.2, 0.25) is 0 Å². The lowest BCUT2D eigenvalue weighted by Crippen LogP contribution is -2.10. The summed E-state index contributed by atoms with van der Waals surface area (Å²) in [4.78, 5) is 12.4. The normalized spacial score (nSPS) is 10.1. The molecule has 0 unspecified atom stereocenters. The summed E-state index contributed by atoms with van der Waals surface area (Å²) in [6.07, 6.45) is 1.79. The molecule has 0 aliphatic heterocycles. The Hall–Kier alpha value is -2.79. The van der Waals surface area contributed by atoms with Gasteiger partial charge in [0.15, 0.2) is 0 Å². The minimum Gasteiger partial charge on any atom is -0.349 e. The van der Waals surface area contributed by atoms with Gasteiger partial charge >= 0.3 is 0 Å². The summed E-state index contributed by atoms with van der Waals surface area (Å²) in [6.45, 7) is 0. The second-order valence-corrected chi connectivity index (χ2v) is 4.62. The lowest BCUT2D eigenvalue weighted by atomic mass is 10.1. The number of nitrogens with zero attached hydrogens (tertiary/aromatic N) is 1. The molecule has 20 heavy (non-hydrogen) atoms. The van der Waals surface area contributed by atoms with E-state index in [1.165, 1.54) is 0 Å². The zero-order chi connectivity index (χ0) is 13.9. The monoisotopic (exact) mass is 259 g/mol. The van der Waals surface area contributed by atoms with E-state index in [9.17, 15) is 4.79 Å². The Balaban J connectivity index is 2.17. The third-order valence-corrected chi connectivity index (χ3v) is 3.21. The van der Waals surface area contributed by atoms with Crippen LogP contribution >= 0.6 is 0 Å². The molecule has 0 bridgehead atoms. The van der Waals surface area contributed by atoms with Gasteiger partial charge in [0, 0.05) is 24.2 Å². The molecule has 0 fully saturated rings. The second-order valence-electron chi connectivity index (χ2n) is 4.62. The molecule has 0 saturated carbocycles. The topological polar surface area (TPSA) is 22.0 Å². The van der Waals surface area contributed by atoms with Gasteiger partial charge in [-0.05, 0) is 24.3 Å². The van der Waals surface area contributed by atoms with Gasteiger partial charge in [-0.3, -0.25) is 4.79 Å². The van der Waals surface area contributed by atoms with E-state index in [-0.39, 0.29) is 5.43 Å². The molecule has 0 spiro atoms. The van der Waals surface area contributed by atoms with E-state index in [4.69, 9.17) is 0 Å². The van der Waals surface area contributed by atoms with Gasteiger partial charge in [-0.15, -0.1) is 0 Å². The molecule has 0 aliphatic rings. The molecule has 0 N–H and O–H groups in total. The summed E-state index contributed by atoms with van der Waals surface area (Å²) in [5.74, 6) is 6.01. The number of aryl methyl sites for hydroxylation is 1. The number of benzene rings is 2. The first-order valence-electron chi connectivity index (χ1n) is 6.41. The van der Waals surface area contributed by atoms with Gasteiger partial charge in [0.2, 0.25) is 5.43 Å². The largest absolute Gasteiger partial charge is 0.349 e. The first-order valence-corrected chi connectivity index (χ1v) is 6.41. The third-order valence-electron chi connectivity index (χ3n) is 3.21. The van der Waals surface area contributed by atoms with Crippen molar-refractivity contribution in [1.29, 1.82) is 0 Å². The highest BCUT2D eigenvalue weighted by Gasteiger charge is 2.04. The molecule has 1 heterocycles. The summed E-state index contributed by atoms with van der Waals surface area (Å²) in [7, 11) is 1.93. The first kappa shape index (κ1) is 12.3. The van der Waals surface area contributed by atoms with E-state index in [0.717, 1.165) is 11.1 Å². The standard InChI is InChI=1S/C18H13NO/c1-19-13-15(12-11-14-7-3-2-4-8-14)18(20)16-9-5-6-10-17(16)19/h2-10,13H,1H3. The summed E-state index contributed by atoms with van der Waals surface area (Å²) in [6, 6.07) is 17.2. The summed E-state index contributed by atoms with van der Waals surface area (Å²) < 4.78 is 1.94. The van der Waals surface area contributed by atoms with Crippen LogP contribution in [0, 0.1) is 11.8 Å². The van der Waals surface area contributed by atoms with Crippen molar-refractivity contribution in [2.75, 3.05) is 0 Å². The third kappa shape index (κ3) is 2.22. The minimum absolute atomic E-state index is 0.0119. The smallest absolute Gasteiger partial charge is 0.204 e. The van der Waals surface area contributed by atoms with Crippen LogP contribution < -0.4 is 5.43 Å². The molecule has 0 radical (unpaired) electrons. The van der Waals surface area contributed by atoms with Crippen molar-refractivity contribution < 1.29 is 0 Å². The van der Waals surface area contributed by atoms with Gasteiger partial charge in [0.1, 0.15) is 0 Å². The average Bonchev–Trinajstić information content (AvgIpc) is 2.50. The van der Waals surface area contributed by atoms with E-state index >= 15 is 0 Å². The Morgan fingerprint density at radius 3 is 2.40 bits per heavy atom. The Bertz CT molecular complexity index is 880. The molecule has 1 aromatic heterocycles. The Labute approximate surface area is 117 Å². The van der Waals surface area contributed by atoms with E-state index < -0.39 is 0 Å². The quantitative estimate of drug-likeness (QED) is 0.569. The lowest BCUT2D eigenvalue weighted by Gasteiger charge is -2.05. The number of hydrogen-bond donors (Lipinski definition) is 0. The maximum absolute atomic E-state index is 12.4. The first-order chi connectivity index (χ1) is 9.75. The molecule has 2 aromatic carbocycles. The molecule has 96 valence electrons. The van der Waals surface area contributed by atoms with E-state index in [0.29, 0.717) is 10.9 Å². The number of aromatic nitrogens is 1. The zero-order valence-corrected chi connectivity index (χ0v) is 11.1. The van der Waals surface area contributed by atoms with Crippen LogP contribution in [0.3, 0.4) is 0 Å². The van der Waals surface area contributed by atoms with Crippen molar-refractivity contribution in [3.63, 3.8) is 0 Å². The van der Waals surface area contributed by atoms with Crippen LogP contribution in [0.25, 0.3) is 10.9 Å². The van der Waals surface area contributed by atoms with Gasteiger partial charge in [-0.2, -0.15) is 0 Å². The number of rotatable bonds is 0. The minimum atomic E-state index is -0.0119. The van der Waals surface area contributed by atoms with Crippen LogP contribution in [0.1, 0.15) is 11.1 Å². The Kier molecular flexibility index (Phi) is 3.10. The summed E-state index contributed by atoms with van der Waals surface area (Å²) in [5.41, 5.74) is 2.34. The van der Waals surface area contributed by atoms with Crippen LogP contribution in [0.4, 0.5) is 0 Å². The molecular formula is C18H13NO. The molecule has 3 rings (SSSR count). The number of pyridine rings is 1. The average molecular weight is 259 g/mol. The summed E-state index contributed by atoms with van der Waals surface area (Å²) >= 11 is 0. The number of fused-ring (bicyclic) bond motifs is 1. The number of hydrogen-bond acceptors (Lipinski definition) is 1. The van der Waals surface area contributed by atoms with Crippen molar-refractivity contribution in [3.8, 4) is 11.8 Å². The highest BCUT2D eigenvalue weighted by molar-refractivity contribution is 5.80. The fraction of sp³-hybridized carbons (Fsp3) is 0.0556. The number of para-hydroxylation sites is 1. The van der Waals surface area contributed by atoms with E-state index in [2.05, 4.69) is 11.8 Å². The van der Waals surface area contributed by atoms with Crippen LogP contribution in [0.5, 0.6) is 0 Å². The van der Waals surface area contributed by atoms with Gasteiger partial charge in [-0.25, -0.2) is 0 Å². The second kappa shape index (κ2) is 5.07. The molecule has 3 aromatic rings. The predicted octanol–water partition coefficient (Wildman–Crippen LogP) is 2.94. The van der Waals surface area contributed by atoms with Crippen LogP contribution in [-0.4, -0.2) is 4.57 Å². The van der Waals surface area contributed by atoms with Crippen molar-refractivity contribution >= 4 is 10.9 Å². The molecule has 2 heteroatoms. The van der Waals surface area contributed by atoms with Gasteiger partial charge in [-0.1, -0.05) is 42.2 Å². The molecule has 0 saturated heterocycles. The van der Waals surface area contributed by atoms with Crippen molar-refractivity contribution in [2.45, 2.75) is 0 Å². The van der Waals surface area contributed by atoms with E-state index in [1.807, 2.05) is 66.2 Å². The maximum atomic E-state index is 12.4. The fourth-order valence-corrected chi connectivity index (χ4v) is 2.19. The zero-order valence-electron chi connectivity index (χ0n) is 11.1. The molecule has 0 amide bonds. The molecule has 0 atom stereocenters. The highest BCUT2D eigenvalue weighted by atomic mass is 16.1.